The largest absolute Gasteiger partial charge is 0.497 e. The average Bonchev–Trinajstić information content (AvgIpc) is 3.42. The Kier molecular flexibility index (Phi) is 6.81. The normalized spacial score (nSPS) is 20.4. The predicted molar refractivity (Wildman–Crippen MR) is 114 cm³/mol. The first kappa shape index (κ1) is 21.6. The van der Waals surface area contributed by atoms with Crippen LogP contribution in [0.2, 0.25) is 0 Å². The maximum Gasteiger partial charge on any atom is 0.224 e. The van der Waals surface area contributed by atoms with Crippen molar-refractivity contribution in [1.82, 2.24) is 10.6 Å². The SMILES string of the molecule is COc1ccc(C(Cc2ccc(F)cc2)NC(=O)C2CC23CCNCC3)cc1.Cl. The number of hydrogen-bond acceptors (Lipinski definition) is 3. The highest BCUT2D eigenvalue weighted by Gasteiger charge is 2.57. The highest BCUT2D eigenvalue weighted by molar-refractivity contribution is 5.85. The Morgan fingerprint density at radius 2 is 1.83 bits per heavy atom. The quantitative estimate of drug-likeness (QED) is 0.744. The monoisotopic (exact) mass is 418 g/mol. The van der Waals surface area contributed by atoms with Crippen molar-refractivity contribution in [2.45, 2.75) is 31.7 Å². The van der Waals surface area contributed by atoms with Gasteiger partial charge >= 0.3 is 0 Å². The summed E-state index contributed by atoms with van der Waals surface area (Å²) >= 11 is 0. The molecule has 156 valence electrons. The van der Waals surface area contributed by atoms with E-state index in [1.165, 1.54) is 12.1 Å². The summed E-state index contributed by atoms with van der Waals surface area (Å²) in [7, 11) is 1.64. The van der Waals surface area contributed by atoms with E-state index in [2.05, 4.69) is 10.6 Å². The Bertz CT molecular complexity index is 820. The molecule has 29 heavy (non-hydrogen) atoms. The first-order chi connectivity index (χ1) is 13.6. The Morgan fingerprint density at radius 3 is 2.45 bits per heavy atom. The van der Waals surface area contributed by atoms with Gasteiger partial charge in [-0.05, 0) is 79.6 Å². The van der Waals surface area contributed by atoms with Gasteiger partial charge in [-0.15, -0.1) is 12.4 Å². The van der Waals surface area contributed by atoms with Gasteiger partial charge in [-0.25, -0.2) is 4.39 Å². The van der Waals surface area contributed by atoms with Crippen molar-refractivity contribution in [2.75, 3.05) is 20.2 Å². The molecule has 2 aliphatic rings. The summed E-state index contributed by atoms with van der Waals surface area (Å²) in [4.78, 5) is 13.0. The van der Waals surface area contributed by atoms with Gasteiger partial charge in [0, 0.05) is 5.92 Å². The summed E-state index contributed by atoms with van der Waals surface area (Å²) in [5.74, 6) is 0.791. The zero-order chi connectivity index (χ0) is 19.6. The number of halogens is 2. The van der Waals surface area contributed by atoms with Crippen molar-refractivity contribution in [3.05, 3.63) is 65.5 Å². The fourth-order valence-electron chi connectivity index (χ4n) is 4.41. The molecule has 2 aromatic carbocycles. The number of hydrogen-bond donors (Lipinski definition) is 2. The van der Waals surface area contributed by atoms with Crippen LogP contribution in [0.15, 0.2) is 48.5 Å². The van der Waals surface area contributed by atoms with E-state index in [9.17, 15) is 9.18 Å². The zero-order valence-corrected chi connectivity index (χ0v) is 17.4. The van der Waals surface area contributed by atoms with Gasteiger partial charge in [0.1, 0.15) is 11.6 Å². The molecule has 1 aliphatic heterocycles. The van der Waals surface area contributed by atoms with Crippen LogP contribution in [0.5, 0.6) is 5.75 Å². The van der Waals surface area contributed by atoms with E-state index in [1.807, 2.05) is 24.3 Å². The van der Waals surface area contributed by atoms with Crippen LogP contribution in [0.4, 0.5) is 4.39 Å². The molecule has 6 heteroatoms. The second-order valence-electron chi connectivity index (χ2n) is 8.03. The Hall–Kier alpha value is -2.11. The minimum atomic E-state index is -0.250. The third kappa shape index (κ3) is 4.90. The standard InChI is InChI=1S/C23H27FN2O2.ClH/c1-28-19-8-4-17(5-9-19)21(14-16-2-6-18(24)7-3-16)26-22(27)20-15-23(20)10-12-25-13-11-23;/h2-9,20-21,25H,10-15H2,1H3,(H,26,27);1H. The molecule has 0 radical (unpaired) electrons. The van der Waals surface area contributed by atoms with Crippen LogP contribution >= 0.6 is 12.4 Å². The zero-order valence-electron chi connectivity index (χ0n) is 16.6. The van der Waals surface area contributed by atoms with Crippen molar-refractivity contribution < 1.29 is 13.9 Å². The van der Waals surface area contributed by atoms with E-state index in [0.29, 0.717) is 6.42 Å². The number of methoxy groups -OCH3 is 1. The molecule has 1 amide bonds. The minimum Gasteiger partial charge on any atom is -0.497 e. The lowest BCUT2D eigenvalue weighted by Gasteiger charge is -2.25. The van der Waals surface area contributed by atoms with Crippen molar-refractivity contribution in [3.63, 3.8) is 0 Å². The fourth-order valence-corrected chi connectivity index (χ4v) is 4.41. The minimum absolute atomic E-state index is 0. The van der Waals surface area contributed by atoms with Crippen molar-refractivity contribution in [1.29, 1.82) is 0 Å². The predicted octanol–water partition coefficient (Wildman–Crippen LogP) is 4.05. The van der Waals surface area contributed by atoms with Crippen LogP contribution in [-0.4, -0.2) is 26.1 Å². The van der Waals surface area contributed by atoms with Gasteiger partial charge in [0.25, 0.3) is 0 Å². The van der Waals surface area contributed by atoms with Gasteiger partial charge < -0.3 is 15.4 Å². The van der Waals surface area contributed by atoms with Gasteiger partial charge in [0.05, 0.1) is 13.2 Å². The summed E-state index contributed by atoms with van der Waals surface area (Å²) < 4.78 is 18.5. The Balaban J connectivity index is 0.00000240. The maximum absolute atomic E-state index is 13.3. The molecule has 4 nitrogen and oxygen atoms in total. The second-order valence-corrected chi connectivity index (χ2v) is 8.03. The molecule has 1 saturated heterocycles. The number of carbonyl (C=O) groups excluding carboxylic acids is 1. The summed E-state index contributed by atoms with van der Waals surface area (Å²) in [5, 5.41) is 6.65. The number of piperidine rings is 1. The van der Waals surface area contributed by atoms with Crippen LogP contribution in [-0.2, 0) is 11.2 Å². The summed E-state index contributed by atoms with van der Waals surface area (Å²) in [5.41, 5.74) is 2.23. The number of carbonyl (C=O) groups is 1. The topological polar surface area (TPSA) is 50.4 Å². The summed E-state index contributed by atoms with van der Waals surface area (Å²) in [6, 6.07) is 14.1. The lowest BCUT2D eigenvalue weighted by Crippen LogP contribution is -2.35. The Labute approximate surface area is 177 Å². The molecule has 0 bridgehead atoms. The van der Waals surface area contributed by atoms with Crippen LogP contribution < -0.4 is 15.4 Å². The molecular weight excluding hydrogens is 391 g/mol. The first-order valence-corrected chi connectivity index (χ1v) is 9.99. The van der Waals surface area contributed by atoms with Crippen molar-refractivity contribution in [2.24, 2.45) is 11.3 Å². The molecule has 1 saturated carbocycles. The van der Waals surface area contributed by atoms with E-state index >= 15 is 0 Å². The van der Waals surface area contributed by atoms with Gasteiger partial charge in [-0.1, -0.05) is 24.3 Å². The molecule has 1 heterocycles. The highest BCUT2D eigenvalue weighted by atomic mass is 35.5. The third-order valence-corrected chi connectivity index (χ3v) is 6.29. The van der Waals surface area contributed by atoms with Gasteiger partial charge in [-0.3, -0.25) is 4.79 Å². The molecule has 2 N–H and O–H groups in total. The molecule has 2 aromatic rings. The maximum atomic E-state index is 13.3. The number of nitrogens with one attached hydrogen (secondary N) is 2. The third-order valence-electron chi connectivity index (χ3n) is 6.29. The van der Waals surface area contributed by atoms with Crippen molar-refractivity contribution in [3.8, 4) is 5.75 Å². The molecule has 1 aliphatic carbocycles. The van der Waals surface area contributed by atoms with E-state index in [-0.39, 0.29) is 41.5 Å². The molecule has 4 rings (SSSR count). The van der Waals surface area contributed by atoms with E-state index in [0.717, 1.165) is 49.2 Å². The summed E-state index contributed by atoms with van der Waals surface area (Å²) in [6.45, 7) is 2.00. The molecule has 2 atom stereocenters. The lowest BCUT2D eigenvalue weighted by atomic mass is 9.91. The molecule has 2 fully saturated rings. The van der Waals surface area contributed by atoms with Gasteiger partial charge in [-0.2, -0.15) is 0 Å². The molecule has 1 spiro atoms. The van der Waals surface area contributed by atoms with Crippen LogP contribution in [0.1, 0.15) is 36.4 Å². The van der Waals surface area contributed by atoms with Crippen LogP contribution in [0.3, 0.4) is 0 Å². The molecular formula is C23H28ClFN2O2. The molecule has 2 unspecified atom stereocenters. The van der Waals surface area contributed by atoms with Gasteiger partial charge in [0.15, 0.2) is 0 Å². The number of amides is 1. The molecule has 0 aromatic heterocycles. The Morgan fingerprint density at radius 1 is 1.17 bits per heavy atom. The second kappa shape index (κ2) is 9.14. The smallest absolute Gasteiger partial charge is 0.224 e. The van der Waals surface area contributed by atoms with E-state index in [4.69, 9.17) is 4.74 Å². The summed E-state index contributed by atoms with van der Waals surface area (Å²) in [6.07, 6.45) is 3.78. The highest BCUT2D eigenvalue weighted by Crippen LogP contribution is 2.58. The van der Waals surface area contributed by atoms with E-state index in [1.54, 1.807) is 19.2 Å². The van der Waals surface area contributed by atoms with Crippen LogP contribution in [0, 0.1) is 17.2 Å². The number of rotatable bonds is 6. The van der Waals surface area contributed by atoms with Crippen LogP contribution in [0.25, 0.3) is 0 Å². The first-order valence-electron chi connectivity index (χ1n) is 9.99. The lowest BCUT2D eigenvalue weighted by molar-refractivity contribution is -0.124. The van der Waals surface area contributed by atoms with Crippen molar-refractivity contribution >= 4 is 18.3 Å². The fraction of sp³-hybridized carbons (Fsp3) is 0.435. The number of ether oxygens (including phenoxy) is 1. The average molecular weight is 419 g/mol. The van der Waals surface area contributed by atoms with Gasteiger partial charge in [0.2, 0.25) is 5.91 Å². The van der Waals surface area contributed by atoms with E-state index < -0.39 is 0 Å². The number of benzene rings is 2.